The molecular formula is C26H30Br2O8. The zero-order valence-corrected chi connectivity index (χ0v) is 24.3. The monoisotopic (exact) mass is 628 g/mol. The zero-order valence-electron chi connectivity index (χ0n) is 21.1. The number of methoxy groups -OCH3 is 4. The molecule has 8 nitrogen and oxygen atoms in total. The molecule has 0 atom stereocenters. The number of ether oxygens (including phenoxy) is 4. The third kappa shape index (κ3) is 7.64. The lowest BCUT2D eigenvalue weighted by molar-refractivity contribution is -0.148. The van der Waals surface area contributed by atoms with Gasteiger partial charge in [-0.15, -0.1) is 0 Å². The number of rotatable bonds is 8. The molecule has 2 aromatic rings. The molecule has 0 amide bonds. The van der Waals surface area contributed by atoms with Gasteiger partial charge in [0.15, 0.2) is 0 Å². The highest BCUT2D eigenvalue weighted by atomic mass is 79.9. The molecule has 0 fully saturated rings. The van der Waals surface area contributed by atoms with Gasteiger partial charge < -0.3 is 18.9 Å². The van der Waals surface area contributed by atoms with E-state index in [2.05, 4.69) is 41.3 Å². The van der Waals surface area contributed by atoms with Crippen molar-refractivity contribution in [3.05, 3.63) is 67.6 Å². The van der Waals surface area contributed by atoms with Crippen molar-refractivity contribution in [3.8, 4) is 0 Å². The van der Waals surface area contributed by atoms with Crippen LogP contribution in [-0.2, 0) is 40.4 Å². The Morgan fingerprint density at radius 3 is 1.69 bits per heavy atom. The Balaban J connectivity index is 0.000000369. The summed E-state index contributed by atoms with van der Waals surface area (Å²) in [4.78, 5) is 46.8. The van der Waals surface area contributed by atoms with Gasteiger partial charge in [-0.2, -0.15) is 0 Å². The molecule has 0 heterocycles. The van der Waals surface area contributed by atoms with Crippen molar-refractivity contribution in [1.82, 2.24) is 0 Å². The summed E-state index contributed by atoms with van der Waals surface area (Å²) in [5, 5.41) is 0. The van der Waals surface area contributed by atoms with Crippen LogP contribution in [0.2, 0.25) is 0 Å². The minimum Gasteiger partial charge on any atom is -0.469 e. The molecule has 196 valence electrons. The largest absolute Gasteiger partial charge is 0.469 e. The van der Waals surface area contributed by atoms with Crippen molar-refractivity contribution >= 4 is 55.7 Å². The Hall–Kier alpha value is -2.72. The summed E-state index contributed by atoms with van der Waals surface area (Å²) in [5.41, 5.74) is 1.13. The fourth-order valence-electron chi connectivity index (χ4n) is 3.67. The van der Waals surface area contributed by atoms with Crippen LogP contribution in [0.4, 0.5) is 0 Å². The lowest BCUT2D eigenvalue weighted by Crippen LogP contribution is -2.37. The van der Waals surface area contributed by atoms with E-state index in [-0.39, 0.29) is 12.4 Å². The number of carbonyl (C=O) groups is 4. The van der Waals surface area contributed by atoms with Crippen molar-refractivity contribution < 1.29 is 38.1 Å². The van der Waals surface area contributed by atoms with Crippen LogP contribution >= 0.6 is 31.9 Å². The van der Waals surface area contributed by atoms with E-state index in [0.717, 1.165) is 8.95 Å². The van der Waals surface area contributed by atoms with Gasteiger partial charge in [0.1, 0.15) is 0 Å². The van der Waals surface area contributed by atoms with E-state index in [1.165, 1.54) is 28.4 Å². The summed E-state index contributed by atoms with van der Waals surface area (Å²) >= 11 is 6.66. The first-order chi connectivity index (χ1) is 17.0. The van der Waals surface area contributed by atoms with Gasteiger partial charge in [-0.25, -0.2) is 9.59 Å². The number of carbonyl (C=O) groups excluding carboxylic acids is 4. The molecule has 0 saturated heterocycles. The second-order valence-electron chi connectivity index (χ2n) is 7.51. The van der Waals surface area contributed by atoms with Crippen molar-refractivity contribution in [3.63, 3.8) is 0 Å². The van der Waals surface area contributed by atoms with E-state index < -0.39 is 23.3 Å². The lowest BCUT2D eigenvalue weighted by Gasteiger charge is -2.30. The molecule has 2 rings (SSSR count). The summed E-state index contributed by atoms with van der Waals surface area (Å²) in [6.07, 6.45) is 1.12. The Morgan fingerprint density at radius 1 is 0.722 bits per heavy atom. The van der Waals surface area contributed by atoms with Crippen LogP contribution < -0.4 is 0 Å². The van der Waals surface area contributed by atoms with Gasteiger partial charge in [-0.05, 0) is 60.4 Å². The lowest BCUT2D eigenvalue weighted by atomic mass is 9.74. The van der Waals surface area contributed by atoms with Crippen LogP contribution in [-0.4, -0.2) is 52.3 Å². The van der Waals surface area contributed by atoms with Gasteiger partial charge in [-0.3, -0.25) is 9.59 Å². The number of benzene rings is 2. The smallest absolute Gasteiger partial charge is 0.338 e. The van der Waals surface area contributed by atoms with Gasteiger partial charge in [0.25, 0.3) is 0 Å². The molecule has 36 heavy (non-hydrogen) atoms. The Labute approximate surface area is 227 Å². The van der Waals surface area contributed by atoms with Crippen molar-refractivity contribution in [1.29, 1.82) is 0 Å². The summed E-state index contributed by atoms with van der Waals surface area (Å²) in [6, 6.07) is 10.2. The second kappa shape index (κ2) is 14.7. The first-order valence-corrected chi connectivity index (χ1v) is 12.5. The summed E-state index contributed by atoms with van der Waals surface area (Å²) in [6.45, 7) is 3.81. The third-order valence-corrected chi connectivity index (χ3v) is 6.71. The Bertz CT molecular complexity index is 1090. The molecule has 10 heteroatoms. The average Bonchev–Trinajstić information content (AvgIpc) is 2.89. The molecule has 0 N–H and O–H groups in total. The minimum absolute atomic E-state index is 0.0420. The van der Waals surface area contributed by atoms with Crippen molar-refractivity contribution in [2.45, 2.75) is 38.5 Å². The molecule has 0 saturated carbocycles. The summed E-state index contributed by atoms with van der Waals surface area (Å²) < 4.78 is 20.5. The fraction of sp³-hybridized carbons (Fsp3) is 0.385. The molecule has 0 bridgehead atoms. The van der Waals surface area contributed by atoms with E-state index in [9.17, 15) is 19.2 Å². The van der Waals surface area contributed by atoms with Crippen molar-refractivity contribution in [2.75, 3.05) is 28.4 Å². The number of hydrogen-bond acceptors (Lipinski definition) is 8. The maximum atomic E-state index is 12.3. The van der Waals surface area contributed by atoms with Crippen LogP contribution in [0.1, 0.15) is 58.5 Å². The van der Waals surface area contributed by atoms with E-state index in [1.54, 1.807) is 36.4 Å². The molecule has 0 aromatic heterocycles. The maximum Gasteiger partial charge on any atom is 0.338 e. The van der Waals surface area contributed by atoms with E-state index >= 15 is 0 Å². The molecule has 0 radical (unpaired) electrons. The molecular weight excluding hydrogens is 600 g/mol. The van der Waals surface area contributed by atoms with Crippen LogP contribution in [0.5, 0.6) is 0 Å². The minimum atomic E-state index is -0.845. The van der Waals surface area contributed by atoms with Crippen LogP contribution in [0.15, 0.2) is 45.3 Å². The van der Waals surface area contributed by atoms with Gasteiger partial charge in [0.2, 0.25) is 0 Å². The third-order valence-electron chi connectivity index (χ3n) is 5.72. The molecule has 2 aromatic carbocycles. The highest BCUT2D eigenvalue weighted by Gasteiger charge is 2.41. The Morgan fingerprint density at radius 2 is 1.22 bits per heavy atom. The van der Waals surface area contributed by atoms with Crippen LogP contribution in [0, 0.1) is 0 Å². The predicted octanol–water partition coefficient (Wildman–Crippen LogP) is 5.42. The molecule has 0 aliphatic carbocycles. The van der Waals surface area contributed by atoms with Gasteiger partial charge in [0, 0.05) is 8.95 Å². The van der Waals surface area contributed by atoms with E-state index in [1.807, 2.05) is 13.8 Å². The molecule has 0 aliphatic rings. The molecule has 0 spiro atoms. The molecule has 0 unspecified atom stereocenters. The maximum absolute atomic E-state index is 12.3. The summed E-state index contributed by atoms with van der Waals surface area (Å²) in [7, 11) is 5.29. The van der Waals surface area contributed by atoms with Gasteiger partial charge >= 0.3 is 23.9 Å². The number of hydrogen-bond donors (Lipinski definition) is 0. The van der Waals surface area contributed by atoms with Gasteiger partial charge in [-0.1, -0.05) is 45.7 Å². The second-order valence-corrected chi connectivity index (χ2v) is 9.34. The van der Waals surface area contributed by atoms with Crippen LogP contribution in [0.3, 0.4) is 0 Å². The average molecular weight is 630 g/mol. The SMILES string of the molecule is CCC(CC)(C(=O)OC)c1cc(Br)ccc1C(=O)OC.COC(=O)Cc1cc(Br)ccc1C(=O)OC. The molecule has 0 aliphatic heterocycles. The predicted molar refractivity (Wildman–Crippen MR) is 141 cm³/mol. The Kier molecular flexibility index (Phi) is 12.8. The van der Waals surface area contributed by atoms with Crippen LogP contribution in [0.25, 0.3) is 0 Å². The number of halogens is 2. The van der Waals surface area contributed by atoms with E-state index in [4.69, 9.17) is 9.47 Å². The standard InChI is InChI=1S/C15H19BrO4.C11H11BrO4/c1-5-15(6-2,14(18)20-4)12-9-10(16)7-8-11(12)13(17)19-3;1-15-10(13)6-7-5-8(12)3-4-9(7)11(14)16-2/h7-9H,5-6H2,1-4H3;3-5H,6H2,1-2H3. The van der Waals surface area contributed by atoms with Gasteiger partial charge in [0.05, 0.1) is 51.4 Å². The fourth-order valence-corrected chi connectivity index (χ4v) is 4.44. The number of esters is 4. The first kappa shape index (κ1) is 31.3. The topological polar surface area (TPSA) is 105 Å². The highest BCUT2D eigenvalue weighted by molar-refractivity contribution is 9.10. The summed E-state index contributed by atoms with van der Waals surface area (Å²) in [5.74, 6) is -1.66. The quantitative estimate of drug-likeness (QED) is 0.282. The first-order valence-electron chi connectivity index (χ1n) is 10.9. The van der Waals surface area contributed by atoms with E-state index in [0.29, 0.717) is 35.1 Å². The normalized spacial score (nSPS) is 10.4. The highest BCUT2D eigenvalue weighted by Crippen LogP contribution is 2.37. The zero-order chi connectivity index (χ0) is 27.5. The van der Waals surface area contributed by atoms with Crippen molar-refractivity contribution in [2.24, 2.45) is 0 Å².